The molecule has 0 saturated carbocycles. The van der Waals surface area contributed by atoms with Crippen LogP contribution in [-0.2, 0) is 17.9 Å². The van der Waals surface area contributed by atoms with Crippen LogP contribution in [0.1, 0.15) is 18.1 Å². The highest BCUT2D eigenvalue weighted by atomic mass is 79.9. The molecule has 0 fully saturated rings. The Bertz CT molecular complexity index is 714. The van der Waals surface area contributed by atoms with Gasteiger partial charge in [0.05, 0.1) is 26.4 Å². The highest BCUT2D eigenvalue weighted by Crippen LogP contribution is 2.34. The van der Waals surface area contributed by atoms with Gasteiger partial charge in [0.2, 0.25) is 0 Å². The lowest BCUT2D eigenvalue weighted by Gasteiger charge is -2.16. The Labute approximate surface area is 167 Å². The number of aliphatic hydroxyl groups is 1. The fraction of sp³-hybridized carbons (Fsp3) is 0.400. The molecule has 0 heterocycles. The number of benzene rings is 2. The van der Waals surface area contributed by atoms with Gasteiger partial charge in [-0.15, -0.1) is 0 Å². The number of hydrogen-bond donors (Lipinski definition) is 2. The van der Waals surface area contributed by atoms with Gasteiger partial charge in [-0.3, -0.25) is 0 Å². The molecule has 2 rings (SSSR count). The largest absolute Gasteiger partial charge is 0.490 e. The summed E-state index contributed by atoms with van der Waals surface area (Å²) in [6.07, 6.45) is 0. The van der Waals surface area contributed by atoms with Crippen LogP contribution in [0.4, 0.5) is 4.39 Å². The monoisotopic (exact) mass is 441 g/mol. The molecule has 0 spiro atoms. The van der Waals surface area contributed by atoms with Crippen molar-refractivity contribution in [2.24, 2.45) is 0 Å². The first kappa shape index (κ1) is 21.6. The van der Waals surface area contributed by atoms with Crippen molar-refractivity contribution < 1.29 is 23.7 Å². The molecule has 0 aromatic heterocycles. The van der Waals surface area contributed by atoms with E-state index in [2.05, 4.69) is 21.2 Å². The van der Waals surface area contributed by atoms with Crippen LogP contribution in [0.15, 0.2) is 40.9 Å². The lowest BCUT2D eigenvalue weighted by molar-refractivity contribution is 0.0938. The van der Waals surface area contributed by atoms with Crippen LogP contribution in [0.5, 0.6) is 11.5 Å². The second kappa shape index (κ2) is 11.9. The van der Waals surface area contributed by atoms with E-state index in [0.717, 1.165) is 10.0 Å². The average molecular weight is 442 g/mol. The Balaban J connectivity index is 2.00. The van der Waals surface area contributed by atoms with E-state index in [-0.39, 0.29) is 19.0 Å². The Kier molecular flexibility index (Phi) is 9.55. The lowest BCUT2D eigenvalue weighted by atomic mass is 10.2. The number of ether oxygens (including phenoxy) is 3. The molecule has 7 heteroatoms. The molecule has 2 N–H and O–H groups in total. The molecular formula is C20H25BrFNO4. The van der Waals surface area contributed by atoms with Gasteiger partial charge in [0.1, 0.15) is 12.4 Å². The molecule has 0 unspecified atom stereocenters. The normalized spacial score (nSPS) is 10.8. The summed E-state index contributed by atoms with van der Waals surface area (Å²) in [5.41, 5.74) is 1.50. The number of aliphatic hydroxyl groups excluding tert-OH is 1. The standard InChI is InChI=1S/C20H25BrFNO4/c1-2-26-19-11-16(13-23-7-9-25-10-8-24)17(21)12-20(19)27-14-15-5-3-4-6-18(15)22/h3-6,11-12,23-24H,2,7-10,13-14H2,1H3. The maximum absolute atomic E-state index is 13.8. The zero-order valence-corrected chi connectivity index (χ0v) is 16.9. The van der Waals surface area contributed by atoms with E-state index in [1.807, 2.05) is 19.1 Å². The summed E-state index contributed by atoms with van der Waals surface area (Å²) in [6.45, 7) is 4.71. The summed E-state index contributed by atoms with van der Waals surface area (Å²) in [4.78, 5) is 0. The topological polar surface area (TPSA) is 60.0 Å². The molecule has 0 aliphatic carbocycles. The van der Waals surface area contributed by atoms with Gasteiger partial charge in [0, 0.05) is 23.1 Å². The van der Waals surface area contributed by atoms with Gasteiger partial charge in [-0.25, -0.2) is 4.39 Å². The quantitative estimate of drug-likeness (QED) is 0.492. The minimum absolute atomic E-state index is 0.0254. The van der Waals surface area contributed by atoms with Crippen LogP contribution in [0.25, 0.3) is 0 Å². The van der Waals surface area contributed by atoms with E-state index in [4.69, 9.17) is 19.3 Å². The molecule has 0 amide bonds. The molecule has 0 radical (unpaired) electrons. The van der Waals surface area contributed by atoms with E-state index in [1.54, 1.807) is 18.2 Å². The predicted molar refractivity (Wildman–Crippen MR) is 106 cm³/mol. The van der Waals surface area contributed by atoms with E-state index in [1.165, 1.54) is 6.07 Å². The second-order valence-corrected chi connectivity index (χ2v) is 6.57. The van der Waals surface area contributed by atoms with Gasteiger partial charge in [-0.1, -0.05) is 34.1 Å². The predicted octanol–water partition coefficient (Wildman–Crippen LogP) is 3.66. The molecule has 0 aliphatic heterocycles. The molecular weight excluding hydrogens is 417 g/mol. The maximum atomic E-state index is 13.8. The highest BCUT2D eigenvalue weighted by Gasteiger charge is 2.12. The van der Waals surface area contributed by atoms with Gasteiger partial charge in [-0.2, -0.15) is 0 Å². The van der Waals surface area contributed by atoms with Crippen molar-refractivity contribution in [3.8, 4) is 11.5 Å². The fourth-order valence-corrected chi connectivity index (χ4v) is 2.86. The van der Waals surface area contributed by atoms with Crippen LogP contribution < -0.4 is 14.8 Å². The van der Waals surface area contributed by atoms with E-state index in [9.17, 15) is 4.39 Å². The van der Waals surface area contributed by atoms with Gasteiger partial charge >= 0.3 is 0 Å². The van der Waals surface area contributed by atoms with Crippen molar-refractivity contribution in [2.45, 2.75) is 20.1 Å². The highest BCUT2D eigenvalue weighted by molar-refractivity contribution is 9.10. The summed E-state index contributed by atoms with van der Waals surface area (Å²) in [6, 6.07) is 10.3. The zero-order valence-electron chi connectivity index (χ0n) is 15.3. The van der Waals surface area contributed by atoms with Crippen LogP contribution in [0.3, 0.4) is 0 Å². The molecule has 2 aromatic rings. The summed E-state index contributed by atoms with van der Waals surface area (Å²) < 4.78 is 31.4. The third-order valence-electron chi connectivity index (χ3n) is 3.73. The third kappa shape index (κ3) is 7.10. The number of rotatable bonds is 12. The minimum atomic E-state index is -0.293. The van der Waals surface area contributed by atoms with E-state index >= 15 is 0 Å². The number of nitrogens with one attached hydrogen (secondary N) is 1. The van der Waals surface area contributed by atoms with Crippen molar-refractivity contribution >= 4 is 15.9 Å². The smallest absolute Gasteiger partial charge is 0.162 e. The van der Waals surface area contributed by atoms with Crippen LogP contribution >= 0.6 is 15.9 Å². The first-order valence-corrected chi connectivity index (χ1v) is 9.65. The van der Waals surface area contributed by atoms with Crippen LogP contribution in [-0.4, -0.2) is 38.1 Å². The molecule has 0 saturated heterocycles. The molecule has 0 aliphatic rings. The third-order valence-corrected chi connectivity index (χ3v) is 4.47. The fourth-order valence-electron chi connectivity index (χ4n) is 2.40. The molecule has 2 aromatic carbocycles. The molecule has 5 nitrogen and oxygen atoms in total. The van der Waals surface area contributed by atoms with Crippen LogP contribution in [0, 0.1) is 5.82 Å². The summed E-state index contributed by atoms with van der Waals surface area (Å²) in [5.74, 6) is 0.881. The Hall–Kier alpha value is -1.67. The SMILES string of the molecule is CCOc1cc(CNCCOCCO)c(Br)cc1OCc1ccccc1F. The van der Waals surface area contributed by atoms with Crippen molar-refractivity contribution in [3.05, 3.63) is 57.8 Å². The van der Waals surface area contributed by atoms with Gasteiger partial charge in [0.25, 0.3) is 0 Å². The first-order chi connectivity index (χ1) is 13.2. The number of hydrogen-bond acceptors (Lipinski definition) is 5. The van der Waals surface area contributed by atoms with Crippen molar-refractivity contribution in [1.29, 1.82) is 0 Å². The van der Waals surface area contributed by atoms with Crippen LogP contribution in [0.2, 0.25) is 0 Å². The summed E-state index contributed by atoms with van der Waals surface area (Å²) in [7, 11) is 0. The molecule has 148 valence electrons. The van der Waals surface area contributed by atoms with Crippen molar-refractivity contribution in [1.82, 2.24) is 5.32 Å². The van der Waals surface area contributed by atoms with E-state index < -0.39 is 0 Å². The molecule has 27 heavy (non-hydrogen) atoms. The van der Waals surface area contributed by atoms with Crippen molar-refractivity contribution in [3.63, 3.8) is 0 Å². The molecule has 0 bridgehead atoms. The molecule has 0 atom stereocenters. The maximum Gasteiger partial charge on any atom is 0.162 e. The van der Waals surface area contributed by atoms with Crippen molar-refractivity contribution in [2.75, 3.05) is 33.0 Å². The second-order valence-electron chi connectivity index (χ2n) is 5.72. The Morgan fingerprint density at radius 1 is 1.07 bits per heavy atom. The average Bonchev–Trinajstić information content (AvgIpc) is 2.66. The minimum Gasteiger partial charge on any atom is -0.490 e. The Morgan fingerprint density at radius 2 is 1.85 bits per heavy atom. The summed E-state index contributed by atoms with van der Waals surface area (Å²) in [5, 5.41) is 12.0. The summed E-state index contributed by atoms with van der Waals surface area (Å²) >= 11 is 3.55. The van der Waals surface area contributed by atoms with Gasteiger partial charge < -0.3 is 24.6 Å². The number of halogens is 2. The van der Waals surface area contributed by atoms with Gasteiger partial charge in [-0.05, 0) is 30.7 Å². The zero-order chi connectivity index (χ0) is 19.5. The first-order valence-electron chi connectivity index (χ1n) is 8.86. The lowest BCUT2D eigenvalue weighted by Crippen LogP contribution is -2.20. The van der Waals surface area contributed by atoms with E-state index in [0.29, 0.717) is 50.0 Å². The Morgan fingerprint density at radius 3 is 2.59 bits per heavy atom. The van der Waals surface area contributed by atoms with Gasteiger partial charge in [0.15, 0.2) is 11.5 Å².